The van der Waals surface area contributed by atoms with E-state index in [4.69, 9.17) is 0 Å². The van der Waals surface area contributed by atoms with E-state index in [1.54, 1.807) is 0 Å². The molecule has 2 heteroatoms. The molecule has 0 unspecified atom stereocenters. The summed E-state index contributed by atoms with van der Waals surface area (Å²) in [7, 11) is -2.57. The summed E-state index contributed by atoms with van der Waals surface area (Å²) >= 11 is 0. The standard InChI is InChI=1S/C17H19OP/c1-3-15(2)14-19(18,16-10-6-4-7-11-16)17-12-8-5-9-13-17/h3-13H,14H2,1-2H3/b15-3-. The third-order valence-electron chi connectivity index (χ3n) is 3.31. The lowest BCUT2D eigenvalue weighted by Gasteiger charge is -2.19. The molecule has 1 nitrogen and oxygen atoms in total. The van der Waals surface area contributed by atoms with Gasteiger partial charge in [-0.3, -0.25) is 0 Å². The predicted octanol–water partition coefficient (Wildman–Crippen LogP) is 3.97. The molecule has 19 heavy (non-hydrogen) atoms. The summed E-state index contributed by atoms with van der Waals surface area (Å²) in [4.78, 5) is 0. The van der Waals surface area contributed by atoms with Crippen LogP contribution in [0, 0.1) is 0 Å². The van der Waals surface area contributed by atoms with Crippen LogP contribution >= 0.6 is 7.14 Å². The molecule has 98 valence electrons. The molecule has 0 aromatic heterocycles. The van der Waals surface area contributed by atoms with E-state index in [9.17, 15) is 4.57 Å². The van der Waals surface area contributed by atoms with Crippen molar-refractivity contribution in [2.24, 2.45) is 0 Å². The second-order valence-corrected chi connectivity index (χ2v) is 7.53. The highest BCUT2D eigenvalue weighted by atomic mass is 31.2. The minimum absolute atomic E-state index is 0.609. The Morgan fingerprint density at radius 1 is 0.947 bits per heavy atom. The number of allylic oxidation sites excluding steroid dienone is 2. The Labute approximate surface area is 115 Å². The van der Waals surface area contributed by atoms with E-state index in [1.165, 1.54) is 0 Å². The van der Waals surface area contributed by atoms with Crippen molar-refractivity contribution in [3.8, 4) is 0 Å². The van der Waals surface area contributed by atoms with Gasteiger partial charge in [0.05, 0.1) is 0 Å². The first-order valence-electron chi connectivity index (χ1n) is 6.49. The zero-order valence-electron chi connectivity index (χ0n) is 11.4. The monoisotopic (exact) mass is 270 g/mol. The summed E-state index contributed by atoms with van der Waals surface area (Å²) in [5.74, 6) is 0. The number of hydrogen-bond acceptors (Lipinski definition) is 1. The lowest BCUT2D eigenvalue weighted by atomic mass is 10.3. The molecule has 0 aliphatic carbocycles. The van der Waals surface area contributed by atoms with Crippen LogP contribution in [0.25, 0.3) is 0 Å². The lowest BCUT2D eigenvalue weighted by molar-refractivity contribution is 0.588. The molecule has 0 aliphatic heterocycles. The van der Waals surface area contributed by atoms with Crippen LogP contribution in [0.2, 0.25) is 0 Å². The van der Waals surface area contributed by atoms with Crippen molar-refractivity contribution in [1.82, 2.24) is 0 Å². The Kier molecular flexibility index (Phi) is 4.39. The largest absolute Gasteiger partial charge is 0.313 e. The third kappa shape index (κ3) is 3.05. The van der Waals surface area contributed by atoms with Gasteiger partial charge in [-0.25, -0.2) is 0 Å². The molecule has 0 spiro atoms. The molecule has 2 aromatic rings. The van der Waals surface area contributed by atoms with Gasteiger partial charge in [0.2, 0.25) is 0 Å². The third-order valence-corrected chi connectivity index (χ3v) is 6.52. The fourth-order valence-corrected chi connectivity index (χ4v) is 4.97. The summed E-state index contributed by atoms with van der Waals surface area (Å²) in [6, 6.07) is 19.6. The highest BCUT2D eigenvalue weighted by molar-refractivity contribution is 7.78. The summed E-state index contributed by atoms with van der Waals surface area (Å²) in [5.41, 5.74) is 1.16. The van der Waals surface area contributed by atoms with E-state index in [0.29, 0.717) is 6.16 Å². The Hall–Kier alpha value is -1.59. The zero-order chi connectivity index (χ0) is 13.7. The van der Waals surface area contributed by atoms with Crippen molar-refractivity contribution in [3.05, 3.63) is 72.3 Å². The average molecular weight is 270 g/mol. The summed E-state index contributed by atoms with van der Waals surface area (Å²) in [6.45, 7) is 4.04. The first-order chi connectivity index (χ1) is 9.16. The van der Waals surface area contributed by atoms with E-state index in [2.05, 4.69) is 0 Å². The molecule has 0 heterocycles. The molecule has 0 fully saturated rings. The van der Waals surface area contributed by atoms with E-state index >= 15 is 0 Å². The Morgan fingerprint density at radius 2 is 1.37 bits per heavy atom. The minimum atomic E-state index is -2.57. The normalized spacial score (nSPS) is 12.4. The first kappa shape index (κ1) is 13.8. The summed E-state index contributed by atoms with van der Waals surface area (Å²) in [5, 5.41) is 1.87. The van der Waals surface area contributed by atoms with Crippen LogP contribution in [-0.2, 0) is 4.57 Å². The van der Waals surface area contributed by atoms with Crippen molar-refractivity contribution in [2.75, 3.05) is 6.16 Å². The van der Waals surface area contributed by atoms with Crippen LogP contribution in [0.3, 0.4) is 0 Å². The molecule has 0 amide bonds. The highest BCUT2D eigenvalue weighted by Gasteiger charge is 2.26. The van der Waals surface area contributed by atoms with Crippen molar-refractivity contribution >= 4 is 17.8 Å². The maximum absolute atomic E-state index is 13.5. The molecule has 0 atom stereocenters. The quantitative estimate of drug-likeness (QED) is 0.607. The van der Waals surface area contributed by atoms with Crippen LogP contribution in [0.1, 0.15) is 13.8 Å². The maximum Gasteiger partial charge on any atom is 0.147 e. The van der Waals surface area contributed by atoms with Gasteiger partial charge in [-0.05, 0) is 13.8 Å². The van der Waals surface area contributed by atoms with E-state index in [-0.39, 0.29) is 0 Å². The Balaban J connectivity index is 2.54. The SMILES string of the molecule is C/C=C(/C)CP(=O)(c1ccccc1)c1ccccc1. The number of rotatable bonds is 4. The first-order valence-corrected chi connectivity index (χ1v) is 8.38. The highest BCUT2D eigenvalue weighted by Crippen LogP contribution is 2.44. The van der Waals surface area contributed by atoms with Gasteiger partial charge in [0.15, 0.2) is 0 Å². The minimum Gasteiger partial charge on any atom is -0.313 e. The molecule has 0 saturated carbocycles. The predicted molar refractivity (Wildman–Crippen MR) is 84.1 cm³/mol. The van der Waals surface area contributed by atoms with Gasteiger partial charge in [0.25, 0.3) is 0 Å². The van der Waals surface area contributed by atoms with Gasteiger partial charge >= 0.3 is 0 Å². The van der Waals surface area contributed by atoms with Gasteiger partial charge in [-0.15, -0.1) is 0 Å². The van der Waals surface area contributed by atoms with E-state index in [1.807, 2.05) is 80.6 Å². The molecular formula is C17H19OP. The summed E-state index contributed by atoms with van der Waals surface area (Å²) < 4.78 is 13.5. The fourth-order valence-electron chi connectivity index (χ4n) is 2.11. The molecule has 2 rings (SSSR count). The smallest absolute Gasteiger partial charge is 0.147 e. The van der Waals surface area contributed by atoms with Crippen molar-refractivity contribution in [3.63, 3.8) is 0 Å². The van der Waals surface area contributed by atoms with Crippen molar-refractivity contribution < 1.29 is 4.57 Å². The molecule has 0 saturated heterocycles. The lowest BCUT2D eigenvalue weighted by Crippen LogP contribution is -2.18. The van der Waals surface area contributed by atoms with Crippen LogP contribution in [0.15, 0.2) is 72.3 Å². The van der Waals surface area contributed by atoms with Gasteiger partial charge in [0, 0.05) is 16.8 Å². The number of benzene rings is 2. The molecule has 2 aromatic carbocycles. The summed E-state index contributed by atoms with van der Waals surface area (Å²) in [6.07, 6.45) is 2.65. The molecule has 0 N–H and O–H groups in total. The van der Waals surface area contributed by atoms with Gasteiger partial charge in [-0.1, -0.05) is 72.3 Å². The molecular weight excluding hydrogens is 251 g/mol. The van der Waals surface area contributed by atoms with Crippen molar-refractivity contribution in [2.45, 2.75) is 13.8 Å². The van der Waals surface area contributed by atoms with Crippen LogP contribution < -0.4 is 10.6 Å². The van der Waals surface area contributed by atoms with E-state index in [0.717, 1.165) is 16.2 Å². The Bertz CT molecular complexity index is 556. The average Bonchev–Trinajstić information content (AvgIpc) is 2.48. The van der Waals surface area contributed by atoms with Crippen LogP contribution in [0.4, 0.5) is 0 Å². The van der Waals surface area contributed by atoms with Gasteiger partial charge in [0.1, 0.15) is 7.14 Å². The van der Waals surface area contributed by atoms with Gasteiger partial charge in [-0.2, -0.15) is 0 Å². The maximum atomic E-state index is 13.5. The van der Waals surface area contributed by atoms with Gasteiger partial charge < -0.3 is 4.57 Å². The molecule has 0 radical (unpaired) electrons. The second kappa shape index (κ2) is 6.04. The molecule has 0 aliphatic rings. The Morgan fingerprint density at radius 3 is 1.74 bits per heavy atom. The number of hydrogen-bond donors (Lipinski definition) is 0. The van der Waals surface area contributed by atoms with Crippen molar-refractivity contribution in [1.29, 1.82) is 0 Å². The zero-order valence-corrected chi connectivity index (χ0v) is 12.3. The molecule has 0 bridgehead atoms. The van der Waals surface area contributed by atoms with Crippen LogP contribution in [-0.4, -0.2) is 6.16 Å². The second-order valence-electron chi connectivity index (χ2n) is 4.70. The van der Waals surface area contributed by atoms with Crippen LogP contribution in [0.5, 0.6) is 0 Å². The topological polar surface area (TPSA) is 17.1 Å². The fraction of sp³-hybridized carbons (Fsp3) is 0.176. The van der Waals surface area contributed by atoms with E-state index < -0.39 is 7.14 Å².